The van der Waals surface area contributed by atoms with Gasteiger partial charge in [0.05, 0.1) is 12.4 Å². The fraction of sp³-hybridized carbons (Fsp3) is 0.417. The Morgan fingerprint density at radius 2 is 1.95 bits per heavy atom. The van der Waals surface area contributed by atoms with Crippen LogP contribution in [0, 0.1) is 5.82 Å². The van der Waals surface area contributed by atoms with Crippen LogP contribution >= 0.6 is 11.3 Å². The van der Waals surface area contributed by atoms with E-state index in [-0.39, 0.29) is 6.10 Å². The molecular weight excluding hydrogens is 267 g/mol. The molecule has 0 unspecified atom stereocenters. The molecule has 7 heteroatoms. The Bertz CT molecular complexity index is 511. The Kier molecular flexibility index (Phi) is 3.54. The average Bonchev–Trinajstić information content (AvgIpc) is 2.94. The molecule has 1 aliphatic rings. The van der Waals surface area contributed by atoms with Gasteiger partial charge in [-0.05, 0) is 0 Å². The molecule has 1 aliphatic heterocycles. The van der Waals surface area contributed by atoms with Gasteiger partial charge in [0.2, 0.25) is 5.95 Å². The van der Waals surface area contributed by atoms with Gasteiger partial charge in [-0.1, -0.05) is 11.3 Å². The number of ether oxygens (including phenoxy) is 1. The van der Waals surface area contributed by atoms with E-state index in [0.29, 0.717) is 5.95 Å². The summed E-state index contributed by atoms with van der Waals surface area (Å²) in [6.45, 7) is 1.61. The van der Waals surface area contributed by atoms with Crippen molar-refractivity contribution < 1.29 is 9.13 Å². The van der Waals surface area contributed by atoms with E-state index in [9.17, 15) is 4.39 Å². The molecule has 2 aromatic heterocycles. The highest BCUT2D eigenvalue weighted by Crippen LogP contribution is 2.22. The lowest BCUT2D eigenvalue weighted by atomic mass is 10.1. The second-order valence-corrected chi connectivity index (χ2v) is 5.16. The van der Waals surface area contributed by atoms with Crippen LogP contribution < -0.4 is 9.64 Å². The Hall–Kier alpha value is -1.76. The number of rotatable bonds is 3. The van der Waals surface area contributed by atoms with Crippen LogP contribution in [-0.2, 0) is 0 Å². The number of thiazole rings is 1. The zero-order valence-electron chi connectivity index (χ0n) is 10.2. The number of aromatic nitrogens is 3. The van der Waals surface area contributed by atoms with Gasteiger partial charge in [0.1, 0.15) is 6.10 Å². The Balaban J connectivity index is 1.56. The third kappa shape index (κ3) is 2.98. The maximum absolute atomic E-state index is 12.8. The van der Waals surface area contributed by atoms with Crippen molar-refractivity contribution in [2.24, 2.45) is 0 Å². The van der Waals surface area contributed by atoms with Crippen molar-refractivity contribution >= 4 is 17.3 Å². The molecule has 0 N–H and O–H groups in total. The average molecular weight is 280 g/mol. The van der Waals surface area contributed by atoms with Gasteiger partial charge in [0.25, 0.3) is 5.19 Å². The molecule has 0 aromatic carbocycles. The second kappa shape index (κ2) is 5.48. The van der Waals surface area contributed by atoms with Gasteiger partial charge in [-0.15, -0.1) is 0 Å². The zero-order valence-corrected chi connectivity index (χ0v) is 11.0. The fourth-order valence-electron chi connectivity index (χ4n) is 2.05. The first-order valence-corrected chi connectivity index (χ1v) is 6.98. The number of piperidine rings is 1. The quantitative estimate of drug-likeness (QED) is 0.862. The van der Waals surface area contributed by atoms with Crippen LogP contribution in [0.2, 0.25) is 0 Å². The van der Waals surface area contributed by atoms with E-state index in [4.69, 9.17) is 4.74 Å². The summed E-state index contributed by atoms with van der Waals surface area (Å²) in [6, 6.07) is 0. The predicted molar refractivity (Wildman–Crippen MR) is 70.0 cm³/mol. The van der Waals surface area contributed by atoms with Crippen molar-refractivity contribution in [3.63, 3.8) is 0 Å². The molecule has 0 atom stereocenters. The van der Waals surface area contributed by atoms with E-state index < -0.39 is 5.82 Å². The molecular formula is C12H13FN4OS. The SMILES string of the molecule is Fc1cnc(N2CCC(Oc3nccs3)CC2)nc1. The highest BCUT2D eigenvalue weighted by Gasteiger charge is 2.22. The van der Waals surface area contributed by atoms with Crippen molar-refractivity contribution in [1.29, 1.82) is 0 Å². The normalized spacial score (nSPS) is 16.6. The molecule has 0 radical (unpaired) electrons. The van der Waals surface area contributed by atoms with Crippen LogP contribution in [-0.4, -0.2) is 34.1 Å². The standard InChI is InChI=1S/C12H13FN4OS/c13-9-7-15-11(16-8-9)17-4-1-10(2-5-17)18-12-14-3-6-19-12/h3,6-8,10H,1-2,4-5H2. The highest BCUT2D eigenvalue weighted by molar-refractivity contribution is 7.11. The smallest absolute Gasteiger partial charge is 0.273 e. The topological polar surface area (TPSA) is 51.1 Å². The maximum Gasteiger partial charge on any atom is 0.273 e. The largest absolute Gasteiger partial charge is 0.467 e. The first-order valence-electron chi connectivity index (χ1n) is 6.10. The van der Waals surface area contributed by atoms with E-state index in [2.05, 4.69) is 15.0 Å². The first-order chi connectivity index (χ1) is 9.31. The van der Waals surface area contributed by atoms with Crippen LogP contribution in [0.3, 0.4) is 0 Å². The van der Waals surface area contributed by atoms with E-state index >= 15 is 0 Å². The molecule has 1 saturated heterocycles. The van der Waals surface area contributed by atoms with Crippen molar-refractivity contribution in [1.82, 2.24) is 15.0 Å². The van der Waals surface area contributed by atoms with Crippen LogP contribution in [0.5, 0.6) is 5.19 Å². The highest BCUT2D eigenvalue weighted by atomic mass is 32.1. The molecule has 3 heterocycles. The van der Waals surface area contributed by atoms with Gasteiger partial charge in [0.15, 0.2) is 5.82 Å². The van der Waals surface area contributed by atoms with Crippen molar-refractivity contribution in [2.45, 2.75) is 18.9 Å². The molecule has 0 saturated carbocycles. The molecule has 2 aromatic rings. The van der Waals surface area contributed by atoms with E-state index in [1.165, 1.54) is 23.7 Å². The van der Waals surface area contributed by atoms with Gasteiger partial charge < -0.3 is 9.64 Å². The molecule has 1 fully saturated rings. The van der Waals surface area contributed by atoms with Gasteiger partial charge in [-0.25, -0.2) is 19.3 Å². The summed E-state index contributed by atoms with van der Waals surface area (Å²) in [5.74, 6) is 0.167. The predicted octanol–water partition coefficient (Wildman–Crippen LogP) is 2.12. The lowest BCUT2D eigenvalue weighted by molar-refractivity contribution is 0.170. The van der Waals surface area contributed by atoms with Crippen LogP contribution in [0.1, 0.15) is 12.8 Å². The van der Waals surface area contributed by atoms with Crippen LogP contribution in [0.4, 0.5) is 10.3 Å². The van der Waals surface area contributed by atoms with Gasteiger partial charge >= 0.3 is 0 Å². The summed E-state index contributed by atoms with van der Waals surface area (Å²) in [4.78, 5) is 14.1. The first kappa shape index (κ1) is 12.3. The molecule has 19 heavy (non-hydrogen) atoms. The summed E-state index contributed by atoms with van der Waals surface area (Å²) >= 11 is 1.50. The summed E-state index contributed by atoms with van der Waals surface area (Å²) in [5, 5.41) is 2.62. The molecule has 100 valence electrons. The van der Waals surface area contributed by atoms with Crippen LogP contribution in [0.15, 0.2) is 24.0 Å². The lowest BCUT2D eigenvalue weighted by Gasteiger charge is -2.31. The molecule has 0 bridgehead atoms. The van der Waals surface area contributed by atoms with Crippen LogP contribution in [0.25, 0.3) is 0 Å². The third-order valence-corrected chi connectivity index (χ3v) is 3.67. The second-order valence-electron chi connectivity index (χ2n) is 4.30. The summed E-state index contributed by atoms with van der Waals surface area (Å²) < 4.78 is 18.5. The van der Waals surface area contributed by atoms with Crippen molar-refractivity contribution in [3.05, 3.63) is 29.8 Å². The minimum Gasteiger partial charge on any atom is -0.467 e. The monoisotopic (exact) mass is 280 g/mol. The van der Waals surface area contributed by atoms with E-state index in [1.54, 1.807) is 6.20 Å². The number of anilines is 1. The molecule has 0 amide bonds. The minimum atomic E-state index is -0.411. The Morgan fingerprint density at radius 3 is 2.58 bits per heavy atom. The fourth-order valence-corrected chi connectivity index (χ4v) is 2.61. The lowest BCUT2D eigenvalue weighted by Crippen LogP contribution is -2.39. The minimum absolute atomic E-state index is 0.183. The van der Waals surface area contributed by atoms with Gasteiger partial charge in [-0.2, -0.15) is 0 Å². The Labute approximate surface area is 114 Å². The summed E-state index contributed by atoms with van der Waals surface area (Å²) in [5.41, 5.74) is 0. The molecule has 3 rings (SSSR count). The van der Waals surface area contributed by atoms with Gasteiger partial charge in [0, 0.05) is 37.5 Å². The Morgan fingerprint density at radius 1 is 1.21 bits per heavy atom. The summed E-state index contributed by atoms with van der Waals surface area (Å²) in [7, 11) is 0. The van der Waals surface area contributed by atoms with Gasteiger partial charge in [-0.3, -0.25) is 0 Å². The van der Waals surface area contributed by atoms with E-state index in [0.717, 1.165) is 31.1 Å². The number of hydrogen-bond acceptors (Lipinski definition) is 6. The maximum atomic E-state index is 12.8. The number of hydrogen-bond donors (Lipinski definition) is 0. The molecule has 0 aliphatic carbocycles. The number of nitrogens with zero attached hydrogens (tertiary/aromatic N) is 4. The zero-order chi connectivity index (χ0) is 13.1. The number of halogens is 1. The third-order valence-electron chi connectivity index (χ3n) is 3.01. The molecule has 0 spiro atoms. The van der Waals surface area contributed by atoms with Crippen molar-refractivity contribution in [2.75, 3.05) is 18.0 Å². The summed E-state index contributed by atoms with van der Waals surface area (Å²) in [6.07, 6.45) is 6.09. The van der Waals surface area contributed by atoms with Crippen molar-refractivity contribution in [3.8, 4) is 5.19 Å². The van der Waals surface area contributed by atoms with E-state index in [1.807, 2.05) is 10.3 Å². The molecule has 5 nitrogen and oxygen atoms in total.